The molecule has 0 atom stereocenters. The zero-order chi connectivity index (χ0) is 12.1. The molecule has 1 heterocycles. The first kappa shape index (κ1) is 11.6. The summed E-state index contributed by atoms with van der Waals surface area (Å²) in [6.07, 6.45) is 2.59. The highest BCUT2D eigenvalue weighted by Crippen LogP contribution is 2.06. The number of rotatable bonds is 4. The second kappa shape index (κ2) is 5.43. The number of benzene rings is 1. The van der Waals surface area contributed by atoms with E-state index in [1.54, 1.807) is 6.33 Å². The molecular formula is C14H17N3. The Labute approximate surface area is 102 Å². The molecular weight excluding hydrogens is 210 g/mol. The molecule has 0 aliphatic carbocycles. The Balaban J connectivity index is 1.87. The van der Waals surface area contributed by atoms with E-state index >= 15 is 0 Å². The van der Waals surface area contributed by atoms with E-state index in [4.69, 9.17) is 0 Å². The maximum absolute atomic E-state index is 4.17. The van der Waals surface area contributed by atoms with E-state index in [0.717, 1.165) is 24.5 Å². The van der Waals surface area contributed by atoms with Gasteiger partial charge in [0.25, 0.3) is 0 Å². The third kappa shape index (κ3) is 3.55. The Bertz CT molecular complexity index is 449. The molecule has 3 heteroatoms. The summed E-state index contributed by atoms with van der Waals surface area (Å²) in [4.78, 5) is 8.23. The highest BCUT2D eigenvalue weighted by molar-refractivity contribution is 5.34. The lowest BCUT2D eigenvalue weighted by Gasteiger charge is -2.06. The Morgan fingerprint density at radius 1 is 1.12 bits per heavy atom. The van der Waals surface area contributed by atoms with E-state index in [-0.39, 0.29) is 0 Å². The van der Waals surface area contributed by atoms with Crippen LogP contribution in [0.1, 0.15) is 16.8 Å². The standard InChI is InChI=1S/C14H17N3/c1-11-4-3-5-13(8-11)6-7-15-14-9-12(2)16-10-17-14/h3-5,8-10H,6-7H2,1-2H3,(H,15,16,17). The minimum Gasteiger partial charge on any atom is -0.370 e. The van der Waals surface area contributed by atoms with E-state index < -0.39 is 0 Å². The maximum Gasteiger partial charge on any atom is 0.129 e. The molecule has 2 aromatic rings. The Morgan fingerprint density at radius 3 is 2.76 bits per heavy atom. The maximum atomic E-state index is 4.17. The van der Waals surface area contributed by atoms with Crippen LogP contribution in [0.2, 0.25) is 0 Å². The number of anilines is 1. The Hall–Kier alpha value is -1.90. The summed E-state index contributed by atoms with van der Waals surface area (Å²) in [5.41, 5.74) is 3.64. The molecule has 17 heavy (non-hydrogen) atoms. The smallest absolute Gasteiger partial charge is 0.129 e. The summed E-state index contributed by atoms with van der Waals surface area (Å²) in [7, 11) is 0. The van der Waals surface area contributed by atoms with Crippen LogP contribution >= 0.6 is 0 Å². The van der Waals surface area contributed by atoms with Gasteiger partial charge in [0.1, 0.15) is 12.1 Å². The molecule has 0 fully saturated rings. The predicted octanol–water partition coefficient (Wildman–Crippen LogP) is 2.75. The quantitative estimate of drug-likeness (QED) is 0.872. The second-order valence-corrected chi connectivity index (χ2v) is 4.21. The molecule has 0 aliphatic heterocycles. The number of nitrogens with one attached hydrogen (secondary N) is 1. The number of aryl methyl sites for hydroxylation is 2. The van der Waals surface area contributed by atoms with Crippen LogP contribution in [0.25, 0.3) is 0 Å². The Kier molecular flexibility index (Phi) is 3.70. The molecule has 1 N–H and O–H groups in total. The van der Waals surface area contributed by atoms with Crippen LogP contribution in [-0.2, 0) is 6.42 Å². The van der Waals surface area contributed by atoms with Crippen LogP contribution in [0.15, 0.2) is 36.7 Å². The van der Waals surface area contributed by atoms with Crippen molar-refractivity contribution in [1.29, 1.82) is 0 Å². The monoisotopic (exact) mass is 227 g/mol. The first-order chi connectivity index (χ1) is 8.24. The van der Waals surface area contributed by atoms with Gasteiger partial charge < -0.3 is 5.32 Å². The fraction of sp³-hybridized carbons (Fsp3) is 0.286. The first-order valence-corrected chi connectivity index (χ1v) is 5.82. The van der Waals surface area contributed by atoms with Crippen LogP contribution in [0.5, 0.6) is 0 Å². The minimum absolute atomic E-state index is 0.889. The number of hydrogen-bond acceptors (Lipinski definition) is 3. The lowest BCUT2D eigenvalue weighted by molar-refractivity contribution is 0.990. The lowest BCUT2D eigenvalue weighted by atomic mass is 10.1. The fourth-order valence-corrected chi connectivity index (χ4v) is 1.75. The molecule has 0 saturated carbocycles. The SMILES string of the molecule is Cc1cccc(CCNc2cc(C)ncn2)c1. The van der Waals surface area contributed by atoms with Gasteiger partial charge in [-0.05, 0) is 25.8 Å². The minimum atomic E-state index is 0.889. The van der Waals surface area contributed by atoms with Crippen molar-refractivity contribution in [1.82, 2.24) is 9.97 Å². The summed E-state index contributed by atoms with van der Waals surface area (Å²) in [5, 5.41) is 3.30. The average molecular weight is 227 g/mol. The third-order valence-electron chi connectivity index (χ3n) is 2.61. The fourth-order valence-electron chi connectivity index (χ4n) is 1.75. The summed E-state index contributed by atoms with van der Waals surface area (Å²) >= 11 is 0. The lowest BCUT2D eigenvalue weighted by Crippen LogP contribution is -2.06. The van der Waals surface area contributed by atoms with Gasteiger partial charge >= 0.3 is 0 Å². The van der Waals surface area contributed by atoms with E-state index in [9.17, 15) is 0 Å². The molecule has 0 unspecified atom stereocenters. The zero-order valence-electron chi connectivity index (χ0n) is 10.3. The van der Waals surface area contributed by atoms with Crippen LogP contribution in [-0.4, -0.2) is 16.5 Å². The van der Waals surface area contributed by atoms with Gasteiger partial charge in [0.15, 0.2) is 0 Å². The number of nitrogens with zero attached hydrogens (tertiary/aromatic N) is 2. The Morgan fingerprint density at radius 2 is 2.00 bits per heavy atom. The number of aromatic nitrogens is 2. The molecule has 88 valence electrons. The molecule has 0 spiro atoms. The van der Waals surface area contributed by atoms with Crippen molar-refractivity contribution >= 4 is 5.82 Å². The second-order valence-electron chi connectivity index (χ2n) is 4.21. The molecule has 0 bridgehead atoms. The van der Waals surface area contributed by atoms with Gasteiger partial charge in [-0.25, -0.2) is 9.97 Å². The summed E-state index contributed by atoms with van der Waals surface area (Å²) < 4.78 is 0. The normalized spacial score (nSPS) is 10.2. The highest BCUT2D eigenvalue weighted by atomic mass is 15.0. The van der Waals surface area contributed by atoms with Crippen LogP contribution < -0.4 is 5.32 Å². The van der Waals surface area contributed by atoms with Gasteiger partial charge in [0.05, 0.1) is 0 Å². The van der Waals surface area contributed by atoms with E-state index in [2.05, 4.69) is 46.5 Å². The van der Waals surface area contributed by atoms with Crippen molar-refractivity contribution in [3.63, 3.8) is 0 Å². The van der Waals surface area contributed by atoms with Gasteiger partial charge in [-0.15, -0.1) is 0 Å². The van der Waals surface area contributed by atoms with Crippen molar-refractivity contribution in [3.05, 3.63) is 53.5 Å². The van der Waals surface area contributed by atoms with Crippen molar-refractivity contribution in [2.45, 2.75) is 20.3 Å². The topological polar surface area (TPSA) is 37.8 Å². The molecule has 2 rings (SSSR count). The van der Waals surface area contributed by atoms with Crippen molar-refractivity contribution in [3.8, 4) is 0 Å². The van der Waals surface area contributed by atoms with Crippen molar-refractivity contribution in [2.24, 2.45) is 0 Å². The summed E-state index contributed by atoms with van der Waals surface area (Å²) in [5.74, 6) is 0.894. The van der Waals surface area contributed by atoms with Crippen molar-refractivity contribution < 1.29 is 0 Å². The van der Waals surface area contributed by atoms with Crippen molar-refractivity contribution in [2.75, 3.05) is 11.9 Å². The van der Waals surface area contributed by atoms with E-state index in [0.29, 0.717) is 0 Å². The predicted molar refractivity (Wildman–Crippen MR) is 70.1 cm³/mol. The van der Waals surface area contributed by atoms with Crippen LogP contribution in [0, 0.1) is 13.8 Å². The average Bonchev–Trinajstić information content (AvgIpc) is 2.29. The molecule has 0 amide bonds. The molecule has 0 radical (unpaired) electrons. The van der Waals surface area contributed by atoms with Gasteiger partial charge in [-0.2, -0.15) is 0 Å². The molecule has 1 aromatic carbocycles. The molecule has 0 saturated heterocycles. The third-order valence-corrected chi connectivity index (χ3v) is 2.61. The first-order valence-electron chi connectivity index (χ1n) is 5.82. The summed E-state index contributed by atoms with van der Waals surface area (Å²) in [6.45, 7) is 4.97. The molecule has 3 nitrogen and oxygen atoms in total. The van der Waals surface area contributed by atoms with E-state index in [1.165, 1.54) is 11.1 Å². The zero-order valence-corrected chi connectivity index (χ0v) is 10.3. The molecule has 0 aliphatic rings. The van der Waals surface area contributed by atoms with Gasteiger partial charge in [-0.3, -0.25) is 0 Å². The number of hydrogen-bond donors (Lipinski definition) is 1. The van der Waals surface area contributed by atoms with Crippen LogP contribution in [0.3, 0.4) is 0 Å². The van der Waals surface area contributed by atoms with Crippen LogP contribution in [0.4, 0.5) is 5.82 Å². The van der Waals surface area contributed by atoms with Gasteiger partial charge in [0.2, 0.25) is 0 Å². The largest absolute Gasteiger partial charge is 0.370 e. The summed E-state index contributed by atoms with van der Waals surface area (Å²) in [6, 6.07) is 10.5. The highest BCUT2D eigenvalue weighted by Gasteiger charge is 1.96. The van der Waals surface area contributed by atoms with Gasteiger partial charge in [-0.1, -0.05) is 29.8 Å². The molecule has 1 aromatic heterocycles. The van der Waals surface area contributed by atoms with Gasteiger partial charge in [0, 0.05) is 18.3 Å². The van der Waals surface area contributed by atoms with E-state index in [1.807, 2.05) is 13.0 Å².